The fourth-order valence-corrected chi connectivity index (χ4v) is 3.15. The molecule has 3 rings (SSSR count). The highest BCUT2D eigenvalue weighted by Crippen LogP contribution is 2.37. The minimum absolute atomic E-state index is 0.124. The van der Waals surface area contributed by atoms with Crippen LogP contribution in [0.1, 0.15) is 31.8 Å². The molecule has 0 atom stereocenters. The summed E-state index contributed by atoms with van der Waals surface area (Å²) in [7, 11) is 1.55. The van der Waals surface area contributed by atoms with Crippen molar-refractivity contribution in [3.8, 4) is 11.5 Å². The van der Waals surface area contributed by atoms with Gasteiger partial charge in [-0.05, 0) is 34.9 Å². The first kappa shape index (κ1) is 23.3. The molecule has 32 heavy (non-hydrogen) atoms. The second-order valence-electron chi connectivity index (χ2n) is 6.89. The number of halogens is 1. The molecule has 0 saturated heterocycles. The van der Waals surface area contributed by atoms with Crippen LogP contribution in [0, 0.1) is 0 Å². The average molecular weight is 454 g/mol. The number of carbonyl (C=O) groups is 2. The van der Waals surface area contributed by atoms with Gasteiger partial charge < -0.3 is 19.5 Å². The molecule has 0 saturated carbocycles. The van der Waals surface area contributed by atoms with Crippen LogP contribution in [0.2, 0.25) is 0 Å². The number of ether oxygens (including phenoxy) is 3. The van der Waals surface area contributed by atoms with Crippen LogP contribution >= 0.6 is 11.6 Å². The van der Waals surface area contributed by atoms with Crippen LogP contribution < -0.4 is 14.8 Å². The highest BCUT2D eigenvalue weighted by molar-refractivity contribution is 6.68. The number of benzene rings is 3. The van der Waals surface area contributed by atoms with Crippen LogP contribution in [0.3, 0.4) is 0 Å². The third-order valence-electron chi connectivity index (χ3n) is 4.61. The topological polar surface area (TPSA) is 73.9 Å². The number of hydrogen-bond donors (Lipinski definition) is 1. The molecule has 166 valence electrons. The van der Waals surface area contributed by atoms with E-state index in [2.05, 4.69) is 5.32 Å². The Morgan fingerprint density at radius 3 is 1.78 bits per heavy atom. The van der Waals surface area contributed by atoms with Gasteiger partial charge in [-0.2, -0.15) is 0 Å². The smallest absolute Gasteiger partial charge is 0.256 e. The zero-order chi connectivity index (χ0) is 22.8. The predicted molar refractivity (Wildman–Crippen MR) is 122 cm³/mol. The van der Waals surface area contributed by atoms with Crippen molar-refractivity contribution in [3.63, 3.8) is 0 Å². The Balaban J connectivity index is 1.97. The van der Waals surface area contributed by atoms with Gasteiger partial charge in [0.2, 0.25) is 0 Å². The molecular weight excluding hydrogens is 430 g/mol. The van der Waals surface area contributed by atoms with E-state index in [1.807, 2.05) is 60.7 Å². The summed E-state index contributed by atoms with van der Waals surface area (Å²) >= 11 is 5.82. The molecule has 0 fully saturated rings. The van der Waals surface area contributed by atoms with Crippen LogP contribution in [0.4, 0.5) is 0 Å². The highest BCUT2D eigenvalue weighted by Gasteiger charge is 2.24. The zero-order valence-corrected chi connectivity index (χ0v) is 18.4. The maximum atomic E-state index is 12.8. The molecule has 0 aromatic heterocycles. The van der Waals surface area contributed by atoms with Crippen molar-refractivity contribution in [1.29, 1.82) is 0 Å². The molecule has 6 nitrogen and oxygen atoms in total. The summed E-state index contributed by atoms with van der Waals surface area (Å²) in [6.07, 6.45) is 0. The minimum atomic E-state index is -0.705. The molecule has 0 aliphatic rings. The molecule has 0 radical (unpaired) electrons. The summed E-state index contributed by atoms with van der Waals surface area (Å²) in [6, 6.07) is 21.9. The van der Waals surface area contributed by atoms with Crippen LogP contribution in [-0.2, 0) is 18.0 Å². The van der Waals surface area contributed by atoms with Crippen molar-refractivity contribution < 1.29 is 23.8 Å². The Morgan fingerprint density at radius 1 is 0.781 bits per heavy atom. The summed E-state index contributed by atoms with van der Waals surface area (Å²) in [5.41, 5.74) is 2.15. The number of carbonyl (C=O) groups excluding carboxylic acids is 2. The Labute approximate surface area is 192 Å². The lowest BCUT2D eigenvalue weighted by Crippen LogP contribution is -2.27. The van der Waals surface area contributed by atoms with Gasteiger partial charge in [0.05, 0.1) is 17.7 Å². The van der Waals surface area contributed by atoms with Crippen molar-refractivity contribution in [2.24, 2.45) is 0 Å². The lowest BCUT2D eigenvalue weighted by molar-refractivity contribution is 0.0930. The lowest BCUT2D eigenvalue weighted by Gasteiger charge is -2.18. The molecule has 0 aliphatic carbocycles. The maximum absolute atomic E-state index is 12.8. The monoisotopic (exact) mass is 453 g/mol. The van der Waals surface area contributed by atoms with Crippen molar-refractivity contribution in [2.45, 2.75) is 13.2 Å². The van der Waals surface area contributed by atoms with Crippen molar-refractivity contribution >= 4 is 22.8 Å². The minimum Gasteiger partial charge on any atom is -0.484 e. The van der Waals surface area contributed by atoms with E-state index in [-0.39, 0.29) is 41.7 Å². The third kappa shape index (κ3) is 6.33. The molecule has 7 heteroatoms. The first-order valence-electron chi connectivity index (χ1n) is 10.1. The molecule has 1 amide bonds. The zero-order valence-electron chi connectivity index (χ0n) is 17.7. The third-order valence-corrected chi connectivity index (χ3v) is 4.82. The first-order chi connectivity index (χ1) is 15.6. The van der Waals surface area contributed by atoms with E-state index in [0.717, 1.165) is 11.1 Å². The molecule has 3 aromatic carbocycles. The average Bonchev–Trinajstić information content (AvgIpc) is 2.82. The fourth-order valence-electron chi connectivity index (χ4n) is 3.00. The highest BCUT2D eigenvalue weighted by atomic mass is 35.5. The number of hydrogen-bond acceptors (Lipinski definition) is 5. The van der Waals surface area contributed by atoms with Gasteiger partial charge in [-0.15, -0.1) is 0 Å². The van der Waals surface area contributed by atoms with Crippen molar-refractivity contribution in [3.05, 3.63) is 95.1 Å². The van der Waals surface area contributed by atoms with E-state index >= 15 is 0 Å². The van der Waals surface area contributed by atoms with Gasteiger partial charge in [-0.3, -0.25) is 9.59 Å². The summed E-state index contributed by atoms with van der Waals surface area (Å²) in [5, 5.41) is 2.07. The number of rotatable bonds is 11. The van der Waals surface area contributed by atoms with Crippen LogP contribution in [0.15, 0.2) is 72.8 Å². The Morgan fingerprint density at radius 2 is 1.28 bits per heavy atom. The van der Waals surface area contributed by atoms with Gasteiger partial charge in [0.15, 0.2) is 11.5 Å². The normalized spacial score (nSPS) is 10.4. The summed E-state index contributed by atoms with van der Waals surface area (Å²) in [6.45, 7) is 1.04. The molecule has 1 N–H and O–H groups in total. The largest absolute Gasteiger partial charge is 0.484 e. The van der Waals surface area contributed by atoms with Gasteiger partial charge in [-0.25, -0.2) is 0 Å². The van der Waals surface area contributed by atoms with E-state index < -0.39 is 5.24 Å². The van der Waals surface area contributed by atoms with Gasteiger partial charge in [0.25, 0.3) is 11.1 Å². The first-order valence-corrected chi connectivity index (χ1v) is 10.5. The summed E-state index contributed by atoms with van der Waals surface area (Å²) in [5.74, 6) is -0.0846. The van der Waals surface area contributed by atoms with Crippen LogP contribution in [0.5, 0.6) is 11.5 Å². The van der Waals surface area contributed by atoms with Gasteiger partial charge in [0.1, 0.15) is 13.2 Å². The van der Waals surface area contributed by atoms with E-state index in [9.17, 15) is 9.59 Å². The quantitative estimate of drug-likeness (QED) is 0.339. The number of nitrogens with one attached hydrogen (secondary N) is 1. The second-order valence-corrected chi connectivity index (χ2v) is 7.23. The Hall–Kier alpha value is -3.35. The van der Waals surface area contributed by atoms with Crippen LogP contribution in [-0.4, -0.2) is 31.4 Å². The Kier molecular flexibility index (Phi) is 8.66. The van der Waals surface area contributed by atoms with Crippen molar-refractivity contribution in [1.82, 2.24) is 5.32 Å². The number of methoxy groups -OCH3 is 1. The molecule has 3 aromatic rings. The molecule has 0 heterocycles. The van der Waals surface area contributed by atoms with Gasteiger partial charge in [-0.1, -0.05) is 60.7 Å². The molecular formula is C25H24ClNO5. The van der Waals surface area contributed by atoms with E-state index in [4.69, 9.17) is 25.8 Å². The SMILES string of the molecule is COCCNC(=O)c1ccc(C(=O)Cl)c(OCc2ccccc2)c1OCc1ccccc1. The maximum Gasteiger partial charge on any atom is 0.256 e. The van der Waals surface area contributed by atoms with Gasteiger partial charge in [0, 0.05) is 13.7 Å². The van der Waals surface area contributed by atoms with Gasteiger partial charge >= 0.3 is 0 Å². The molecule has 0 spiro atoms. The Bertz CT molecular complexity index is 1040. The van der Waals surface area contributed by atoms with E-state index in [1.54, 1.807) is 7.11 Å². The van der Waals surface area contributed by atoms with Crippen molar-refractivity contribution in [2.75, 3.05) is 20.3 Å². The molecule has 0 aliphatic heterocycles. The lowest BCUT2D eigenvalue weighted by atomic mass is 10.1. The van der Waals surface area contributed by atoms with E-state index in [1.165, 1.54) is 12.1 Å². The predicted octanol–water partition coefficient (Wildman–Crippen LogP) is 4.60. The second kappa shape index (κ2) is 11.9. The summed E-state index contributed by atoms with van der Waals surface area (Å²) in [4.78, 5) is 24.9. The standard InChI is InChI=1S/C25H24ClNO5/c1-30-15-14-27-25(29)21-13-12-20(24(26)28)22(31-16-18-8-4-2-5-9-18)23(21)32-17-19-10-6-3-7-11-19/h2-13H,14-17H2,1H3,(H,27,29). The molecule has 0 unspecified atom stereocenters. The molecule has 0 bridgehead atoms. The van der Waals surface area contributed by atoms with Crippen LogP contribution in [0.25, 0.3) is 0 Å². The van der Waals surface area contributed by atoms with E-state index in [0.29, 0.717) is 13.2 Å². The fraction of sp³-hybridized carbons (Fsp3) is 0.200. The summed E-state index contributed by atoms with van der Waals surface area (Å²) < 4.78 is 17.0. The number of amides is 1.